The molecular weight excluding hydrogens is 330 g/mol. The minimum absolute atomic E-state index is 0.0132. The maximum absolute atomic E-state index is 13.3. The van der Waals surface area contributed by atoms with E-state index < -0.39 is 0 Å². The van der Waals surface area contributed by atoms with Crippen molar-refractivity contribution in [2.75, 3.05) is 20.8 Å². The summed E-state index contributed by atoms with van der Waals surface area (Å²) in [4.78, 5) is 15.2. The molecule has 6 nitrogen and oxygen atoms in total. The van der Waals surface area contributed by atoms with Gasteiger partial charge in [-0.15, -0.1) is 0 Å². The quantitative estimate of drug-likeness (QED) is 0.914. The predicted molar refractivity (Wildman–Crippen MR) is 97.8 cm³/mol. The van der Waals surface area contributed by atoms with Gasteiger partial charge in [0.05, 0.1) is 20.3 Å². The molecule has 1 aromatic heterocycles. The summed E-state index contributed by atoms with van der Waals surface area (Å²) >= 11 is 0. The first-order chi connectivity index (χ1) is 12.7. The number of ether oxygens (including phenoxy) is 2. The fraction of sp³-hybridized carbons (Fsp3) is 0.500. The number of H-pyrrole nitrogens is 1. The molecule has 6 heteroatoms. The normalized spacial score (nSPS) is 19.3. The Morgan fingerprint density at radius 1 is 1.19 bits per heavy atom. The summed E-state index contributed by atoms with van der Waals surface area (Å²) < 4.78 is 10.9. The number of methoxy groups -OCH3 is 2. The molecule has 26 heavy (non-hydrogen) atoms. The van der Waals surface area contributed by atoms with Crippen molar-refractivity contribution < 1.29 is 14.3 Å². The second-order valence-corrected chi connectivity index (χ2v) is 7.00. The Hall–Kier alpha value is -2.50. The Kier molecular flexibility index (Phi) is 4.57. The Balaban J connectivity index is 1.65. The highest BCUT2D eigenvalue weighted by Crippen LogP contribution is 2.39. The molecule has 0 radical (unpaired) electrons. The zero-order valence-corrected chi connectivity index (χ0v) is 15.4. The number of hydrogen-bond donors (Lipinski definition) is 1. The highest BCUT2D eigenvalue weighted by atomic mass is 16.5. The van der Waals surface area contributed by atoms with Crippen molar-refractivity contribution in [3.8, 4) is 11.5 Å². The molecule has 1 aliphatic heterocycles. The van der Waals surface area contributed by atoms with Crippen LogP contribution in [0.25, 0.3) is 0 Å². The van der Waals surface area contributed by atoms with Crippen LogP contribution in [0.3, 0.4) is 0 Å². The third-order valence-electron chi connectivity index (χ3n) is 5.57. The number of carbonyl (C=O) groups excluding carboxylic acids is 1. The summed E-state index contributed by atoms with van der Waals surface area (Å²) in [5, 5.41) is 7.46. The van der Waals surface area contributed by atoms with Gasteiger partial charge in [0.2, 0.25) is 0 Å². The van der Waals surface area contributed by atoms with Crippen LogP contribution in [0, 0.1) is 0 Å². The van der Waals surface area contributed by atoms with Crippen molar-refractivity contribution in [2.45, 2.75) is 44.6 Å². The Morgan fingerprint density at radius 2 is 2.04 bits per heavy atom. The largest absolute Gasteiger partial charge is 0.497 e. The number of carbonyl (C=O) groups is 1. The summed E-state index contributed by atoms with van der Waals surface area (Å²) in [5.74, 6) is 1.55. The minimum atomic E-state index is 0.0132. The van der Waals surface area contributed by atoms with E-state index in [1.807, 2.05) is 23.1 Å². The van der Waals surface area contributed by atoms with Crippen LogP contribution < -0.4 is 9.47 Å². The van der Waals surface area contributed by atoms with Gasteiger partial charge in [0, 0.05) is 29.4 Å². The van der Waals surface area contributed by atoms with Crippen LogP contribution >= 0.6 is 0 Å². The first kappa shape index (κ1) is 16.9. The SMILES string of the molecule is COc1ccc(C2CCCN2C(=O)c2n[nH]c3c2CCCC3)c(OC)c1. The lowest BCUT2D eigenvalue weighted by Crippen LogP contribution is -2.32. The third-order valence-corrected chi connectivity index (χ3v) is 5.57. The lowest BCUT2D eigenvalue weighted by Gasteiger charge is -2.26. The van der Waals surface area contributed by atoms with Gasteiger partial charge < -0.3 is 14.4 Å². The molecule has 4 rings (SSSR count). The summed E-state index contributed by atoms with van der Waals surface area (Å²) in [6, 6.07) is 5.83. The number of fused-ring (bicyclic) bond motifs is 1. The van der Waals surface area contributed by atoms with Crippen LogP contribution in [0.1, 0.15) is 59.0 Å². The molecule has 1 atom stereocenters. The summed E-state index contributed by atoms with van der Waals surface area (Å²) in [6.07, 6.45) is 6.14. The number of benzene rings is 1. The first-order valence-electron chi connectivity index (χ1n) is 9.32. The zero-order valence-electron chi connectivity index (χ0n) is 15.4. The van der Waals surface area contributed by atoms with E-state index in [1.54, 1.807) is 14.2 Å². The van der Waals surface area contributed by atoms with Gasteiger partial charge in [0.15, 0.2) is 5.69 Å². The summed E-state index contributed by atoms with van der Waals surface area (Å²) in [5.41, 5.74) is 3.90. The van der Waals surface area contributed by atoms with Crippen molar-refractivity contribution in [1.82, 2.24) is 15.1 Å². The summed E-state index contributed by atoms with van der Waals surface area (Å²) in [6.45, 7) is 0.750. The molecule has 0 spiro atoms. The molecule has 2 heterocycles. The maximum atomic E-state index is 13.3. The molecular formula is C20H25N3O3. The van der Waals surface area contributed by atoms with Gasteiger partial charge in [-0.25, -0.2) is 0 Å². The molecule has 1 aromatic carbocycles. The van der Waals surface area contributed by atoms with Crippen LogP contribution in [-0.2, 0) is 12.8 Å². The van der Waals surface area contributed by atoms with E-state index in [2.05, 4.69) is 10.2 Å². The van der Waals surface area contributed by atoms with Crippen molar-refractivity contribution >= 4 is 5.91 Å². The lowest BCUT2D eigenvalue weighted by atomic mass is 9.95. The zero-order chi connectivity index (χ0) is 18.1. The number of hydrogen-bond acceptors (Lipinski definition) is 4. The van der Waals surface area contributed by atoms with E-state index in [4.69, 9.17) is 9.47 Å². The second kappa shape index (κ2) is 7.02. The lowest BCUT2D eigenvalue weighted by molar-refractivity contribution is 0.0727. The highest BCUT2D eigenvalue weighted by molar-refractivity contribution is 5.94. The topological polar surface area (TPSA) is 67.5 Å². The van der Waals surface area contributed by atoms with E-state index in [1.165, 1.54) is 0 Å². The molecule has 138 valence electrons. The average Bonchev–Trinajstić information content (AvgIpc) is 3.34. The van der Waals surface area contributed by atoms with Crippen molar-refractivity contribution in [3.05, 3.63) is 40.7 Å². The van der Waals surface area contributed by atoms with Crippen LogP contribution in [0.5, 0.6) is 11.5 Å². The molecule has 2 aliphatic rings. The Labute approximate surface area is 153 Å². The van der Waals surface area contributed by atoms with Crippen LogP contribution in [0.15, 0.2) is 18.2 Å². The molecule has 1 unspecified atom stereocenters. The molecule has 1 fully saturated rings. The second-order valence-electron chi connectivity index (χ2n) is 7.00. The monoisotopic (exact) mass is 355 g/mol. The number of likely N-dealkylation sites (tertiary alicyclic amines) is 1. The van der Waals surface area contributed by atoms with E-state index in [0.29, 0.717) is 5.69 Å². The standard InChI is InChI=1S/C20H25N3O3/c1-25-13-9-10-15(18(12-13)26-2)17-8-5-11-23(17)20(24)19-14-6-3-4-7-16(14)21-22-19/h9-10,12,17H,3-8,11H2,1-2H3,(H,21,22). The van der Waals surface area contributed by atoms with Gasteiger partial charge in [-0.1, -0.05) is 0 Å². The fourth-order valence-corrected chi connectivity index (χ4v) is 4.22. The first-order valence-corrected chi connectivity index (χ1v) is 9.32. The van der Waals surface area contributed by atoms with Gasteiger partial charge in [0.25, 0.3) is 5.91 Å². The van der Waals surface area contributed by atoms with Gasteiger partial charge in [-0.05, 0) is 50.7 Å². The molecule has 0 bridgehead atoms. The number of rotatable bonds is 4. The van der Waals surface area contributed by atoms with Crippen LogP contribution in [-0.4, -0.2) is 41.8 Å². The molecule has 2 aromatic rings. The smallest absolute Gasteiger partial charge is 0.275 e. The predicted octanol–water partition coefficient (Wildman–Crippen LogP) is 3.28. The van der Waals surface area contributed by atoms with Gasteiger partial charge in [-0.2, -0.15) is 5.10 Å². The average molecular weight is 355 g/mol. The molecule has 1 amide bonds. The van der Waals surface area contributed by atoms with E-state index in [0.717, 1.165) is 73.4 Å². The number of nitrogens with zero attached hydrogens (tertiary/aromatic N) is 2. The maximum Gasteiger partial charge on any atom is 0.275 e. The number of aromatic nitrogens is 2. The fourth-order valence-electron chi connectivity index (χ4n) is 4.22. The highest BCUT2D eigenvalue weighted by Gasteiger charge is 2.35. The van der Waals surface area contributed by atoms with Crippen molar-refractivity contribution in [1.29, 1.82) is 0 Å². The number of amides is 1. The third kappa shape index (κ3) is 2.83. The minimum Gasteiger partial charge on any atom is -0.497 e. The number of nitrogens with one attached hydrogen (secondary N) is 1. The van der Waals surface area contributed by atoms with Crippen molar-refractivity contribution in [2.24, 2.45) is 0 Å². The van der Waals surface area contributed by atoms with E-state index >= 15 is 0 Å². The molecule has 0 saturated carbocycles. The number of aryl methyl sites for hydroxylation is 1. The molecule has 1 N–H and O–H groups in total. The van der Waals surface area contributed by atoms with Gasteiger partial charge in [0.1, 0.15) is 11.5 Å². The Bertz CT molecular complexity index is 815. The van der Waals surface area contributed by atoms with E-state index in [-0.39, 0.29) is 11.9 Å². The van der Waals surface area contributed by atoms with Gasteiger partial charge >= 0.3 is 0 Å². The Morgan fingerprint density at radius 3 is 2.85 bits per heavy atom. The van der Waals surface area contributed by atoms with Crippen LogP contribution in [0.4, 0.5) is 0 Å². The van der Waals surface area contributed by atoms with E-state index in [9.17, 15) is 4.79 Å². The molecule has 1 saturated heterocycles. The van der Waals surface area contributed by atoms with Gasteiger partial charge in [-0.3, -0.25) is 9.89 Å². The summed E-state index contributed by atoms with van der Waals surface area (Å²) in [7, 11) is 3.30. The number of aromatic amines is 1. The van der Waals surface area contributed by atoms with Crippen molar-refractivity contribution in [3.63, 3.8) is 0 Å². The molecule has 1 aliphatic carbocycles. The van der Waals surface area contributed by atoms with Crippen LogP contribution in [0.2, 0.25) is 0 Å².